The number of anilines is 2. The van der Waals surface area contributed by atoms with E-state index in [1.807, 2.05) is 64.1 Å². The molecule has 0 bridgehead atoms. The molecule has 0 fully saturated rings. The molecule has 144 valence electrons. The van der Waals surface area contributed by atoms with Gasteiger partial charge in [-0.15, -0.1) is 0 Å². The Bertz CT molecular complexity index is 983. The molecule has 0 aliphatic carbocycles. The molecule has 0 aliphatic rings. The Kier molecular flexibility index (Phi) is 5.31. The zero-order valence-corrected chi connectivity index (χ0v) is 16.8. The van der Waals surface area contributed by atoms with Gasteiger partial charge in [0.2, 0.25) is 0 Å². The van der Waals surface area contributed by atoms with Gasteiger partial charge in [0.25, 0.3) is 11.8 Å². The van der Waals surface area contributed by atoms with E-state index >= 15 is 0 Å². The van der Waals surface area contributed by atoms with Gasteiger partial charge in [-0.2, -0.15) is 5.10 Å². The third-order valence-corrected chi connectivity index (χ3v) is 4.57. The summed E-state index contributed by atoms with van der Waals surface area (Å²) < 4.78 is 1.47. The lowest BCUT2D eigenvalue weighted by molar-refractivity contribution is 0.0988. The Morgan fingerprint density at radius 3 is 1.86 bits per heavy atom. The molecule has 0 spiro atoms. The van der Waals surface area contributed by atoms with Crippen molar-refractivity contribution < 1.29 is 9.59 Å². The number of hydrogen-bond acceptors (Lipinski definition) is 3. The summed E-state index contributed by atoms with van der Waals surface area (Å²) in [5, 5.41) is 9.96. The van der Waals surface area contributed by atoms with Gasteiger partial charge in [0.1, 0.15) is 0 Å². The lowest BCUT2D eigenvalue weighted by atomic mass is 10.1. The summed E-state index contributed by atoms with van der Waals surface area (Å²) in [6.45, 7) is 7.76. The molecule has 3 rings (SSSR count). The van der Waals surface area contributed by atoms with Crippen LogP contribution < -0.4 is 10.6 Å². The van der Waals surface area contributed by atoms with E-state index in [1.165, 1.54) is 4.68 Å². The van der Waals surface area contributed by atoms with Gasteiger partial charge < -0.3 is 10.6 Å². The number of nitrogens with one attached hydrogen (secondary N) is 2. The summed E-state index contributed by atoms with van der Waals surface area (Å²) in [7, 11) is 1.68. The van der Waals surface area contributed by atoms with E-state index in [1.54, 1.807) is 13.2 Å². The number of carbonyl (C=O) groups is 2. The summed E-state index contributed by atoms with van der Waals surface area (Å²) >= 11 is 0. The van der Waals surface area contributed by atoms with Crippen LogP contribution in [-0.2, 0) is 7.05 Å². The van der Waals surface area contributed by atoms with Crippen molar-refractivity contribution in [3.8, 4) is 0 Å². The number of hydrogen-bond donors (Lipinski definition) is 2. The van der Waals surface area contributed by atoms with Gasteiger partial charge in [0.05, 0.1) is 5.56 Å². The fourth-order valence-corrected chi connectivity index (χ4v) is 2.93. The second-order valence-electron chi connectivity index (χ2n) is 7.11. The van der Waals surface area contributed by atoms with Crippen LogP contribution in [0.25, 0.3) is 0 Å². The molecule has 1 heterocycles. The SMILES string of the molecule is Cc1ccc(C)c(NC(=O)c2cn(C)nc2C(=O)Nc2cc(C)ccc2C)c1. The maximum absolute atomic E-state index is 12.8. The number of amides is 2. The highest BCUT2D eigenvalue weighted by Gasteiger charge is 2.22. The van der Waals surface area contributed by atoms with Crippen molar-refractivity contribution in [2.45, 2.75) is 27.7 Å². The molecule has 6 heteroatoms. The number of aryl methyl sites for hydroxylation is 5. The van der Waals surface area contributed by atoms with Crippen molar-refractivity contribution in [3.63, 3.8) is 0 Å². The lowest BCUT2D eigenvalue weighted by Crippen LogP contribution is -2.20. The molecule has 6 nitrogen and oxygen atoms in total. The predicted molar refractivity (Wildman–Crippen MR) is 111 cm³/mol. The first kappa shape index (κ1) is 19.4. The number of carbonyl (C=O) groups excluding carboxylic acids is 2. The average Bonchev–Trinajstić information content (AvgIpc) is 3.03. The first-order valence-electron chi connectivity index (χ1n) is 9.05. The molecular weight excluding hydrogens is 352 g/mol. The summed E-state index contributed by atoms with van der Waals surface area (Å²) in [4.78, 5) is 25.7. The fraction of sp³-hybridized carbons (Fsp3) is 0.227. The van der Waals surface area contributed by atoms with Gasteiger partial charge in [0.15, 0.2) is 5.69 Å². The van der Waals surface area contributed by atoms with Crippen LogP contribution in [0.5, 0.6) is 0 Å². The smallest absolute Gasteiger partial charge is 0.277 e. The summed E-state index contributed by atoms with van der Waals surface area (Å²) in [6, 6.07) is 11.7. The van der Waals surface area contributed by atoms with Crippen molar-refractivity contribution >= 4 is 23.2 Å². The van der Waals surface area contributed by atoms with E-state index < -0.39 is 5.91 Å². The highest BCUT2D eigenvalue weighted by atomic mass is 16.2. The zero-order valence-electron chi connectivity index (χ0n) is 16.8. The molecule has 0 aliphatic heterocycles. The van der Waals surface area contributed by atoms with Gasteiger partial charge in [-0.05, 0) is 62.1 Å². The number of rotatable bonds is 4. The van der Waals surface area contributed by atoms with E-state index in [2.05, 4.69) is 15.7 Å². The Morgan fingerprint density at radius 2 is 1.32 bits per heavy atom. The van der Waals surface area contributed by atoms with Crippen molar-refractivity contribution in [2.75, 3.05) is 10.6 Å². The van der Waals surface area contributed by atoms with Crippen LogP contribution in [0.4, 0.5) is 11.4 Å². The number of aromatic nitrogens is 2. The molecule has 28 heavy (non-hydrogen) atoms. The third kappa shape index (κ3) is 4.11. The van der Waals surface area contributed by atoms with Crippen LogP contribution in [0.3, 0.4) is 0 Å². The van der Waals surface area contributed by atoms with Crippen molar-refractivity contribution in [2.24, 2.45) is 7.05 Å². The Balaban J connectivity index is 1.88. The van der Waals surface area contributed by atoms with Crippen LogP contribution in [0.2, 0.25) is 0 Å². The Hall–Kier alpha value is -3.41. The minimum Gasteiger partial charge on any atom is -0.322 e. The van der Waals surface area contributed by atoms with Crippen LogP contribution in [0.1, 0.15) is 43.1 Å². The number of nitrogens with zero attached hydrogens (tertiary/aromatic N) is 2. The van der Waals surface area contributed by atoms with Crippen LogP contribution in [0.15, 0.2) is 42.6 Å². The molecule has 0 saturated carbocycles. The van der Waals surface area contributed by atoms with Crippen molar-refractivity contribution in [1.29, 1.82) is 0 Å². The Morgan fingerprint density at radius 1 is 0.821 bits per heavy atom. The van der Waals surface area contributed by atoms with Crippen LogP contribution in [-0.4, -0.2) is 21.6 Å². The topological polar surface area (TPSA) is 76.0 Å². The first-order valence-corrected chi connectivity index (χ1v) is 9.05. The van der Waals surface area contributed by atoms with Crippen LogP contribution >= 0.6 is 0 Å². The molecule has 2 aromatic carbocycles. The monoisotopic (exact) mass is 376 g/mol. The quantitative estimate of drug-likeness (QED) is 0.718. The molecule has 3 aromatic rings. The Labute approximate surface area is 164 Å². The standard InChI is InChI=1S/C22H24N4O2/c1-13-6-8-15(3)18(10-13)23-21(27)17-12-26(5)25-20(17)22(28)24-19-11-14(2)7-9-16(19)4/h6-12H,1-5H3,(H,23,27)(H,24,28). The second kappa shape index (κ2) is 7.68. The van der Waals surface area contributed by atoms with Gasteiger partial charge in [0, 0.05) is 24.6 Å². The lowest BCUT2D eigenvalue weighted by Gasteiger charge is -2.11. The average molecular weight is 376 g/mol. The van der Waals surface area contributed by atoms with Gasteiger partial charge in [-0.3, -0.25) is 14.3 Å². The highest BCUT2D eigenvalue weighted by Crippen LogP contribution is 2.20. The molecule has 2 amide bonds. The van der Waals surface area contributed by atoms with Gasteiger partial charge in [-0.25, -0.2) is 0 Å². The minimum atomic E-state index is -0.416. The second-order valence-corrected chi connectivity index (χ2v) is 7.11. The molecule has 2 N–H and O–H groups in total. The normalized spacial score (nSPS) is 10.6. The minimum absolute atomic E-state index is 0.0891. The zero-order chi connectivity index (χ0) is 20.4. The summed E-state index contributed by atoms with van der Waals surface area (Å²) in [5.74, 6) is -0.784. The first-order chi connectivity index (χ1) is 13.2. The molecule has 0 saturated heterocycles. The molecule has 0 unspecified atom stereocenters. The summed E-state index contributed by atoms with van der Waals surface area (Å²) in [5.41, 5.74) is 5.71. The maximum Gasteiger partial charge on any atom is 0.277 e. The molecule has 1 aromatic heterocycles. The van der Waals surface area contributed by atoms with Crippen molar-refractivity contribution in [1.82, 2.24) is 9.78 Å². The van der Waals surface area contributed by atoms with Gasteiger partial charge in [-0.1, -0.05) is 24.3 Å². The summed E-state index contributed by atoms with van der Waals surface area (Å²) in [6.07, 6.45) is 1.55. The molecule has 0 radical (unpaired) electrons. The van der Waals surface area contributed by atoms with E-state index in [9.17, 15) is 9.59 Å². The third-order valence-electron chi connectivity index (χ3n) is 4.57. The van der Waals surface area contributed by atoms with E-state index in [0.717, 1.165) is 27.9 Å². The van der Waals surface area contributed by atoms with Gasteiger partial charge >= 0.3 is 0 Å². The predicted octanol–water partition coefficient (Wildman–Crippen LogP) is 4.16. The fourth-order valence-electron chi connectivity index (χ4n) is 2.93. The maximum atomic E-state index is 12.8. The van der Waals surface area contributed by atoms with E-state index in [0.29, 0.717) is 5.69 Å². The molecule has 0 atom stereocenters. The van der Waals surface area contributed by atoms with E-state index in [4.69, 9.17) is 0 Å². The number of benzene rings is 2. The van der Waals surface area contributed by atoms with Crippen LogP contribution in [0, 0.1) is 27.7 Å². The van der Waals surface area contributed by atoms with E-state index in [-0.39, 0.29) is 17.2 Å². The van der Waals surface area contributed by atoms with Crippen molar-refractivity contribution in [3.05, 3.63) is 76.1 Å². The largest absolute Gasteiger partial charge is 0.322 e. The highest BCUT2D eigenvalue weighted by molar-refractivity contribution is 6.14. The molecular formula is C22H24N4O2.